The van der Waals surface area contributed by atoms with Gasteiger partial charge < -0.3 is 9.32 Å². The molecule has 1 aromatic heterocycles. The van der Waals surface area contributed by atoms with Gasteiger partial charge in [-0.15, -0.1) is 10.2 Å². The van der Waals surface area contributed by atoms with Crippen LogP contribution in [0.4, 0.5) is 4.39 Å². The van der Waals surface area contributed by atoms with E-state index in [9.17, 15) is 9.18 Å². The average molecular weight is 447 g/mol. The normalized spacial score (nSPS) is 14.8. The molecule has 156 valence electrons. The number of piperazine rings is 1. The number of rotatable bonds is 6. The van der Waals surface area contributed by atoms with Crippen molar-refractivity contribution in [2.75, 3.05) is 31.9 Å². The van der Waals surface area contributed by atoms with Crippen molar-refractivity contribution in [2.45, 2.75) is 11.8 Å². The third-order valence-corrected chi connectivity index (χ3v) is 6.07. The first-order chi connectivity index (χ1) is 14.6. The molecule has 1 fully saturated rings. The van der Waals surface area contributed by atoms with Gasteiger partial charge in [0.05, 0.1) is 5.75 Å². The third kappa shape index (κ3) is 5.00. The van der Waals surface area contributed by atoms with Gasteiger partial charge in [-0.1, -0.05) is 47.6 Å². The van der Waals surface area contributed by atoms with Gasteiger partial charge >= 0.3 is 0 Å². The summed E-state index contributed by atoms with van der Waals surface area (Å²) in [5.41, 5.74) is 1.34. The van der Waals surface area contributed by atoms with Gasteiger partial charge in [-0.05, 0) is 24.3 Å². The molecule has 2 heterocycles. The number of carbonyl (C=O) groups is 1. The molecule has 30 heavy (non-hydrogen) atoms. The van der Waals surface area contributed by atoms with Gasteiger partial charge in [0.15, 0.2) is 0 Å². The Morgan fingerprint density at radius 2 is 1.83 bits per heavy atom. The molecule has 0 N–H and O–H groups in total. The van der Waals surface area contributed by atoms with Crippen molar-refractivity contribution >= 4 is 29.3 Å². The Balaban J connectivity index is 1.25. The van der Waals surface area contributed by atoms with Crippen LogP contribution in [-0.4, -0.2) is 57.8 Å². The maximum atomic E-state index is 14.0. The molecule has 0 radical (unpaired) electrons. The predicted molar refractivity (Wildman–Crippen MR) is 114 cm³/mol. The summed E-state index contributed by atoms with van der Waals surface area (Å²) >= 11 is 7.35. The molecular formula is C21H20ClFN4O2S. The van der Waals surface area contributed by atoms with Crippen molar-refractivity contribution < 1.29 is 13.6 Å². The molecule has 2 aromatic carbocycles. The molecule has 1 amide bonds. The summed E-state index contributed by atoms with van der Waals surface area (Å²) < 4.78 is 19.6. The molecule has 4 rings (SSSR count). The van der Waals surface area contributed by atoms with Crippen LogP contribution in [0.5, 0.6) is 0 Å². The van der Waals surface area contributed by atoms with Gasteiger partial charge in [-0.2, -0.15) is 0 Å². The molecule has 0 aliphatic carbocycles. The quantitative estimate of drug-likeness (QED) is 0.534. The van der Waals surface area contributed by atoms with Gasteiger partial charge in [0.1, 0.15) is 5.82 Å². The number of amides is 1. The molecule has 0 saturated carbocycles. The summed E-state index contributed by atoms with van der Waals surface area (Å²) in [6.45, 7) is 2.95. The minimum Gasteiger partial charge on any atom is -0.411 e. The van der Waals surface area contributed by atoms with E-state index in [1.165, 1.54) is 17.8 Å². The van der Waals surface area contributed by atoms with Gasteiger partial charge in [-0.25, -0.2) is 4.39 Å². The van der Waals surface area contributed by atoms with E-state index in [4.69, 9.17) is 16.0 Å². The maximum Gasteiger partial charge on any atom is 0.277 e. The van der Waals surface area contributed by atoms with Gasteiger partial charge in [0.25, 0.3) is 5.22 Å². The number of benzene rings is 2. The number of aromatic nitrogens is 2. The number of halogens is 2. The van der Waals surface area contributed by atoms with Crippen LogP contribution >= 0.6 is 23.4 Å². The number of hydrogen-bond acceptors (Lipinski definition) is 6. The summed E-state index contributed by atoms with van der Waals surface area (Å²) in [6, 6.07) is 14.2. The highest BCUT2D eigenvalue weighted by Crippen LogP contribution is 2.24. The Bertz CT molecular complexity index is 989. The highest BCUT2D eigenvalue weighted by molar-refractivity contribution is 7.99. The lowest BCUT2D eigenvalue weighted by molar-refractivity contribution is -0.130. The highest BCUT2D eigenvalue weighted by Gasteiger charge is 2.23. The third-order valence-electron chi connectivity index (χ3n) is 4.91. The molecule has 0 unspecified atom stereocenters. The maximum absolute atomic E-state index is 14.0. The van der Waals surface area contributed by atoms with Gasteiger partial charge in [-0.3, -0.25) is 9.69 Å². The fourth-order valence-corrected chi connectivity index (χ4v) is 4.13. The Morgan fingerprint density at radius 3 is 2.57 bits per heavy atom. The van der Waals surface area contributed by atoms with Crippen molar-refractivity contribution in [3.8, 4) is 11.5 Å². The molecular weight excluding hydrogens is 427 g/mol. The lowest BCUT2D eigenvalue weighted by Gasteiger charge is -2.34. The first kappa shape index (κ1) is 20.8. The molecule has 1 aliphatic heterocycles. The van der Waals surface area contributed by atoms with Crippen molar-refractivity contribution in [2.24, 2.45) is 0 Å². The first-order valence-electron chi connectivity index (χ1n) is 9.55. The molecule has 0 spiro atoms. The molecule has 3 aromatic rings. The fourth-order valence-electron chi connectivity index (χ4n) is 3.24. The Kier molecular flexibility index (Phi) is 6.66. The van der Waals surface area contributed by atoms with Gasteiger partial charge in [0, 0.05) is 48.9 Å². The van der Waals surface area contributed by atoms with Crippen LogP contribution in [0.1, 0.15) is 5.56 Å². The fraction of sp³-hybridized carbons (Fsp3) is 0.286. The monoisotopic (exact) mass is 446 g/mol. The van der Waals surface area contributed by atoms with Crippen LogP contribution in [0.25, 0.3) is 11.5 Å². The standard InChI is InChI=1S/C21H20ClFN4O2S/c22-17-7-4-8-18(23)16(17)13-26-9-11-27(12-10-26)19(28)14-30-21-25-24-20(29-21)15-5-2-1-3-6-15/h1-8H,9-14H2. The lowest BCUT2D eigenvalue weighted by Crippen LogP contribution is -2.48. The van der Waals surface area contributed by atoms with E-state index >= 15 is 0 Å². The van der Waals surface area contributed by atoms with E-state index in [-0.39, 0.29) is 17.5 Å². The van der Waals surface area contributed by atoms with Crippen LogP contribution in [0.2, 0.25) is 5.02 Å². The van der Waals surface area contributed by atoms with Crippen LogP contribution in [0.15, 0.2) is 58.2 Å². The Labute approximate surface area is 183 Å². The lowest BCUT2D eigenvalue weighted by atomic mass is 10.2. The van der Waals surface area contributed by atoms with E-state index in [0.29, 0.717) is 54.4 Å². The first-order valence-corrected chi connectivity index (χ1v) is 10.9. The average Bonchev–Trinajstić information content (AvgIpc) is 3.25. The summed E-state index contributed by atoms with van der Waals surface area (Å²) in [6.07, 6.45) is 0. The molecule has 0 atom stereocenters. The zero-order valence-corrected chi connectivity index (χ0v) is 17.7. The Hall–Kier alpha value is -2.42. The van der Waals surface area contributed by atoms with Crippen LogP contribution in [-0.2, 0) is 11.3 Å². The summed E-state index contributed by atoms with van der Waals surface area (Å²) in [5.74, 6) is 0.385. The van der Waals surface area contributed by atoms with Crippen molar-refractivity contribution in [3.63, 3.8) is 0 Å². The van der Waals surface area contributed by atoms with E-state index in [1.807, 2.05) is 30.3 Å². The second-order valence-electron chi connectivity index (χ2n) is 6.88. The summed E-state index contributed by atoms with van der Waals surface area (Å²) in [4.78, 5) is 16.4. The van der Waals surface area contributed by atoms with Crippen LogP contribution < -0.4 is 0 Å². The van der Waals surface area contributed by atoms with E-state index in [1.54, 1.807) is 17.0 Å². The second kappa shape index (κ2) is 9.59. The summed E-state index contributed by atoms with van der Waals surface area (Å²) in [5, 5.41) is 8.84. The zero-order chi connectivity index (χ0) is 20.9. The minimum absolute atomic E-state index is 0.0167. The summed E-state index contributed by atoms with van der Waals surface area (Å²) in [7, 11) is 0. The van der Waals surface area contributed by atoms with Crippen molar-refractivity contribution in [1.82, 2.24) is 20.0 Å². The second-order valence-corrected chi connectivity index (χ2v) is 8.22. The van der Waals surface area contributed by atoms with Gasteiger partial charge in [0.2, 0.25) is 11.8 Å². The van der Waals surface area contributed by atoms with E-state index < -0.39 is 0 Å². The molecule has 9 heteroatoms. The van der Waals surface area contributed by atoms with E-state index in [0.717, 1.165) is 5.56 Å². The SMILES string of the molecule is O=C(CSc1nnc(-c2ccccc2)o1)N1CCN(Cc2c(F)cccc2Cl)CC1. The number of thioether (sulfide) groups is 1. The largest absolute Gasteiger partial charge is 0.411 e. The Morgan fingerprint density at radius 1 is 1.07 bits per heavy atom. The zero-order valence-electron chi connectivity index (χ0n) is 16.1. The van der Waals surface area contributed by atoms with Crippen LogP contribution in [0, 0.1) is 5.82 Å². The molecule has 0 bridgehead atoms. The van der Waals surface area contributed by atoms with E-state index in [2.05, 4.69) is 15.1 Å². The van der Waals surface area contributed by atoms with Crippen molar-refractivity contribution in [1.29, 1.82) is 0 Å². The highest BCUT2D eigenvalue weighted by atomic mass is 35.5. The minimum atomic E-state index is -0.299. The molecule has 6 nitrogen and oxygen atoms in total. The number of hydrogen-bond donors (Lipinski definition) is 0. The predicted octanol–water partition coefficient (Wildman–Crippen LogP) is 3.97. The molecule has 1 saturated heterocycles. The van der Waals surface area contributed by atoms with Crippen molar-refractivity contribution in [3.05, 3.63) is 64.9 Å². The molecule has 1 aliphatic rings. The number of carbonyl (C=O) groups excluding carboxylic acids is 1. The van der Waals surface area contributed by atoms with Crippen LogP contribution in [0.3, 0.4) is 0 Å². The topological polar surface area (TPSA) is 62.5 Å². The number of nitrogens with zero attached hydrogens (tertiary/aromatic N) is 4. The smallest absolute Gasteiger partial charge is 0.277 e.